The van der Waals surface area contributed by atoms with Crippen molar-refractivity contribution in [3.8, 4) is 0 Å². The lowest BCUT2D eigenvalue weighted by molar-refractivity contribution is -0.159. The van der Waals surface area contributed by atoms with Crippen molar-refractivity contribution in [3.63, 3.8) is 0 Å². The zero-order valence-corrected chi connectivity index (χ0v) is 17.4. The molecule has 0 radical (unpaired) electrons. The summed E-state index contributed by atoms with van der Waals surface area (Å²) in [5, 5.41) is 26.3. The number of rotatable bonds is 12. The Bertz CT molecular complexity index is 908. The zero-order chi connectivity index (χ0) is 22.5. The summed E-state index contributed by atoms with van der Waals surface area (Å²) in [7, 11) is 0. The summed E-state index contributed by atoms with van der Waals surface area (Å²) in [4.78, 5) is 33.9. The Balaban J connectivity index is 1.52. The number of hydrogen-bond donors (Lipinski definition) is 4. The van der Waals surface area contributed by atoms with Gasteiger partial charge >= 0.3 is 12.0 Å². The van der Waals surface area contributed by atoms with E-state index in [1.54, 1.807) is 0 Å². The largest absolute Gasteiger partial charge is 0.478 e. The monoisotopic (exact) mass is 427 g/mol. The van der Waals surface area contributed by atoms with Crippen molar-refractivity contribution in [3.05, 3.63) is 54.6 Å². The number of nitrogens with one attached hydrogen (secondary N) is 2. The molecule has 0 aliphatic rings. The second-order valence-electron chi connectivity index (χ2n) is 7.16. The van der Waals surface area contributed by atoms with Gasteiger partial charge in [0.2, 0.25) is 0 Å². The maximum atomic E-state index is 12.1. The van der Waals surface area contributed by atoms with Crippen molar-refractivity contribution in [2.75, 3.05) is 18.4 Å². The van der Waals surface area contributed by atoms with Crippen LogP contribution in [0, 0.1) is 0 Å². The van der Waals surface area contributed by atoms with Crippen LogP contribution in [-0.2, 0) is 9.59 Å². The number of anilines is 1. The molecule has 0 fully saturated rings. The smallest absolute Gasteiger partial charge is 0.328 e. The van der Waals surface area contributed by atoms with Gasteiger partial charge in [-0.2, -0.15) is 0 Å². The van der Waals surface area contributed by atoms with Gasteiger partial charge in [0.25, 0.3) is 5.91 Å². The minimum atomic E-state index is -1.23. The maximum absolute atomic E-state index is 12.1. The average molecular weight is 428 g/mol. The van der Waals surface area contributed by atoms with E-state index in [0.29, 0.717) is 24.1 Å². The summed E-state index contributed by atoms with van der Waals surface area (Å²) in [5.41, 5.74) is 0.783. The molecule has 166 valence electrons. The minimum absolute atomic E-state index is 0.165. The highest BCUT2D eigenvalue weighted by molar-refractivity contribution is 6.01. The molecule has 0 spiro atoms. The molecule has 0 saturated carbocycles. The molecule has 0 unspecified atom stereocenters. The third-order valence-electron chi connectivity index (χ3n) is 4.74. The standard InChI is InChI=1S/C23H29N3O5/c27-21(14-15-22(28)29)26(31)17-8-4-2-1-3-7-16-24-23(30)25-20-13-9-11-18-10-5-6-12-19(18)20/h5-6,9-15,31H,1-4,7-8,16-17H2,(H,28,29)(H2,24,25,30)/b15-14+. The van der Waals surface area contributed by atoms with Gasteiger partial charge < -0.3 is 15.7 Å². The van der Waals surface area contributed by atoms with Crippen LogP contribution in [0.2, 0.25) is 0 Å². The molecule has 2 rings (SSSR count). The Morgan fingerprint density at radius 1 is 0.871 bits per heavy atom. The lowest BCUT2D eigenvalue weighted by atomic mass is 10.1. The normalized spacial score (nSPS) is 10.9. The van der Waals surface area contributed by atoms with Crippen LogP contribution in [0.25, 0.3) is 10.8 Å². The summed E-state index contributed by atoms with van der Waals surface area (Å²) >= 11 is 0. The number of urea groups is 1. The summed E-state index contributed by atoms with van der Waals surface area (Å²) in [5.74, 6) is -1.97. The first kappa shape index (κ1) is 23.9. The molecular weight excluding hydrogens is 398 g/mol. The highest BCUT2D eigenvalue weighted by atomic mass is 16.5. The molecule has 0 saturated heterocycles. The van der Waals surface area contributed by atoms with Gasteiger partial charge in [0.15, 0.2) is 0 Å². The highest BCUT2D eigenvalue weighted by Crippen LogP contribution is 2.22. The van der Waals surface area contributed by atoms with Crippen molar-refractivity contribution < 1.29 is 24.7 Å². The molecular formula is C23H29N3O5. The van der Waals surface area contributed by atoms with Gasteiger partial charge in [0.1, 0.15) is 0 Å². The molecule has 2 aromatic rings. The number of benzene rings is 2. The highest BCUT2D eigenvalue weighted by Gasteiger charge is 2.07. The first-order valence-corrected chi connectivity index (χ1v) is 10.4. The molecule has 0 atom stereocenters. The van der Waals surface area contributed by atoms with Crippen molar-refractivity contribution in [2.24, 2.45) is 0 Å². The Hall–Kier alpha value is -3.39. The molecule has 2 aromatic carbocycles. The fraction of sp³-hybridized carbons (Fsp3) is 0.348. The van der Waals surface area contributed by atoms with Crippen molar-refractivity contribution >= 4 is 34.4 Å². The molecule has 0 aliphatic carbocycles. The van der Waals surface area contributed by atoms with E-state index >= 15 is 0 Å². The van der Waals surface area contributed by atoms with E-state index in [2.05, 4.69) is 10.6 Å². The number of fused-ring (bicyclic) bond motifs is 1. The van der Waals surface area contributed by atoms with Gasteiger partial charge in [-0.15, -0.1) is 0 Å². The summed E-state index contributed by atoms with van der Waals surface area (Å²) in [6, 6.07) is 13.5. The van der Waals surface area contributed by atoms with E-state index < -0.39 is 11.9 Å². The van der Waals surface area contributed by atoms with E-state index in [4.69, 9.17) is 5.11 Å². The van der Waals surface area contributed by atoms with Crippen LogP contribution in [0.1, 0.15) is 38.5 Å². The predicted octanol–water partition coefficient (Wildman–Crippen LogP) is 4.16. The quantitative estimate of drug-likeness (QED) is 0.175. The van der Waals surface area contributed by atoms with E-state index in [-0.39, 0.29) is 12.6 Å². The molecule has 0 aliphatic heterocycles. The number of aliphatic carboxylic acids is 1. The number of carbonyl (C=O) groups excluding carboxylic acids is 2. The topological polar surface area (TPSA) is 119 Å². The van der Waals surface area contributed by atoms with E-state index in [0.717, 1.165) is 54.6 Å². The van der Waals surface area contributed by atoms with Gasteiger partial charge in [0, 0.05) is 30.6 Å². The Morgan fingerprint density at radius 2 is 1.55 bits per heavy atom. The summed E-state index contributed by atoms with van der Waals surface area (Å²) < 4.78 is 0. The third-order valence-corrected chi connectivity index (χ3v) is 4.74. The number of carboxylic acids is 1. The second kappa shape index (κ2) is 13.0. The Morgan fingerprint density at radius 3 is 2.32 bits per heavy atom. The lowest BCUT2D eigenvalue weighted by Crippen LogP contribution is -2.29. The third kappa shape index (κ3) is 8.88. The lowest BCUT2D eigenvalue weighted by Gasteiger charge is -2.12. The first-order chi connectivity index (χ1) is 15.0. The fourth-order valence-corrected chi connectivity index (χ4v) is 3.14. The molecule has 0 heterocycles. The number of carboxylic acid groups (broad SMARTS) is 1. The van der Waals surface area contributed by atoms with E-state index in [1.807, 2.05) is 42.5 Å². The molecule has 8 heteroatoms. The number of amides is 3. The molecule has 31 heavy (non-hydrogen) atoms. The molecule has 3 amide bonds. The van der Waals surface area contributed by atoms with Gasteiger partial charge in [-0.1, -0.05) is 62.1 Å². The molecule has 8 nitrogen and oxygen atoms in total. The SMILES string of the molecule is O=C(O)/C=C/C(=O)N(O)CCCCCCCCNC(=O)Nc1cccc2ccccc12. The molecule has 0 bridgehead atoms. The molecule has 4 N–H and O–H groups in total. The fourth-order valence-electron chi connectivity index (χ4n) is 3.14. The number of hydroxylamine groups is 2. The van der Waals surface area contributed by atoms with Crippen molar-refractivity contribution in [1.82, 2.24) is 10.4 Å². The Kier molecular flexibility index (Phi) is 10.0. The number of hydrogen-bond acceptors (Lipinski definition) is 4. The maximum Gasteiger partial charge on any atom is 0.328 e. The minimum Gasteiger partial charge on any atom is -0.478 e. The number of nitrogens with zero attached hydrogens (tertiary/aromatic N) is 1. The number of carbonyl (C=O) groups is 3. The van der Waals surface area contributed by atoms with Crippen LogP contribution in [0.3, 0.4) is 0 Å². The second-order valence-corrected chi connectivity index (χ2v) is 7.16. The predicted molar refractivity (Wildman–Crippen MR) is 119 cm³/mol. The summed E-state index contributed by atoms with van der Waals surface area (Å²) in [6.07, 6.45) is 6.79. The van der Waals surface area contributed by atoms with Crippen LogP contribution >= 0.6 is 0 Å². The first-order valence-electron chi connectivity index (χ1n) is 10.4. The van der Waals surface area contributed by atoms with Gasteiger partial charge in [-0.05, 0) is 24.3 Å². The Labute approximate surface area is 181 Å². The van der Waals surface area contributed by atoms with Crippen LogP contribution in [-0.4, -0.2) is 46.4 Å². The summed E-state index contributed by atoms with van der Waals surface area (Å²) in [6.45, 7) is 0.754. The van der Waals surface area contributed by atoms with Crippen LogP contribution in [0.15, 0.2) is 54.6 Å². The van der Waals surface area contributed by atoms with Crippen LogP contribution in [0.4, 0.5) is 10.5 Å². The van der Waals surface area contributed by atoms with Crippen LogP contribution in [0.5, 0.6) is 0 Å². The van der Waals surface area contributed by atoms with E-state index in [9.17, 15) is 19.6 Å². The van der Waals surface area contributed by atoms with Crippen LogP contribution < -0.4 is 10.6 Å². The van der Waals surface area contributed by atoms with Gasteiger partial charge in [-0.3, -0.25) is 10.0 Å². The zero-order valence-electron chi connectivity index (χ0n) is 17.4. The van der Waals surface area contributed by atoms with Crippen molar-refractivity contribution in [1.29, 1.82) is 0 Å². The number of unbranched alkanes of at least 4 members (excludes halogenated alkanes) is 5. The van der Waals surface area contributed by atoms with Crippen molar-refractivity contribution in [2.45, 2.75) is 38.5 Å². The average Bonchev–Trinajstić information content (AvgIpc) is 2.76. The molecule has 0 aromatic heterocycles. The van der Waals surface area contributed by atoms with E-state index in [1.165, 1.54) is 0 Å². The van der Waals surface area contributed by atoms with Gasteiger partial charge in [-0.25, -0.2) is 14.7 Å². The van der Waals surface area contributed by atoms with Gasteiger partial charge in [0.05, 0.1) is 5.69 Å².